The van der Waals surface area contributed by atoms with Gasteiger partial charge in [-0.05, 0) is 32.2 Å². The number of likely N-dealkylation sites (N-methyl/N-ethyl adjacent to an activating group) is 1. The highest BCUT2D eigenvalue weighted by atomic mass is 35.5. The van der Waals surface area contributed by atoms with Crippen LogP contribution >= 0.6 is 12.4 Å². The molecule has 1 rings (SSSR count). The van der Waals surface area contributed by atoms with Gasteiger partial charge in [0.1, 0.15) is 5.75 Å². The van der Waals surface area contributed by atoms with E-state index in [1.54, 1.807) is 7.05 Å². The van der Waals surface area contributed by atoms with Gasteiger partial charge < -0.3 is 15.4 Å². The van der Waals surface area contributed by atoms with Crippen LogP contribution in [0.4, 0.5) is 13.2 Å². The molecule has 0 aliphatic carbocycles. The number of alkyl halides is 3. The van der Waals surface area contributed by atoms with Crippen LogP contribution in [0.25, 0.3) is 0 Å². The van der Waals surface area contributed by atoms with Gasteiger partial charge >= 0.3 is 6.18 Å². The molecule has 1 amide bonds. The van der Waals surface area contributed by atoms with E-state index in [-0.39, 0.29) is 36.7 Å². The number of carbonyl (C=O) groups excluding carboxylic acids is 1. The Hall–Kier alpha value is -1.47. The maximum atomic E-state index is 12.5. The first-order valence-electron chi connectivity index (χ1n) is 6.07. The zero-order valence-electron chi connectivity index (χ0n) is 11.7. The predicted molar refractivity (Wildman–Crippen MR) is 75.7 cm³/mol. The van der Waals surface area contributed by atoms with Gasteiger partial charge in [0.2, 0.25) is 0 Å². The molecule has 0 aliphatic heterocycles. The molecule has 1 aromatic carbocycles. The minimum absolute atomic E-state index is 0. The molecule has 1 unspecified atom stereocenters. The summed E-state index contributed by atoms with van der Waals surface area (Å²) < 4.78 is 42.5. The second kappa shape index (κ2) is 8.74. The minimum atomic E-state index is -4.43. The first kappa shape index (κ1) is 19.5. The molecule has 0 heterocycles. The summed E-state index contributed by atoms with van der Waals surface area (Å²) in [4.78, 5) is 11.4. The van der Waals surface area contributed by atoms with Gasteiger partial charge in [-0.1, -0.05) is 6.07 Å². The lowest BCUT2D eigenvalue weighted by Crippen LogP contribution is -2.39. The molecule has 8 heteroatoms. The monoisotopic (exact) mass is 326 g/mol. The summed E-state index contributed by atoms with van der Waals surface area (Å²) in [7, 11) is 1.76. The van der Waals surface area contributed by atoms with Crippen molar-refractivity contribution in [3.8, 4) is 5.75 Å². The molecular formula is C13H18ClF3N2O2. The van der Waals surface area contributed by atoms with E-state index in [9.17, 15) is 18.0 Å². The Morgan fingerprint density at radius 2 is 2.05 bits per heavy atom. The Bertz CT molecular complexity index is 455. The van der Waals surface area contributed by atoms with Crippen LogP contribution < -0.4 is 15.4 Å². The van der Waals surface area contributed by atoms with E-state index in [0.29, 0.717) is 6.54 Å². The quantitative estimate of drug-likeness (QED) is 0.843. The highest BCUT2D eigenvalue weighted by Gasteiger charge is 2.30. The molecule has 0 saturated heterocycles. The van der Waals surface area contributed by atoms with Gasteiger partial charge in [0, 0.05) is 12.6 Å². The first-order chi connectivity index (χ1) is 9.32. The van der Waals surface area contributed by atoms with Crippen molar-refractivity contribution in [2.24, 2.45) is 0 Å². The Morgan fingerprint density at radius 1 is 1.38 bits per heavy atom. The number of carbonyl (C=O) groups is 1. The summed E-state index contributed by atoms with van der Waals surface area (Å²) >= 11 is 0. The standard InChI is InChI=1S/C13H17F3N2O2.ClH/c1-9(17-2)7-18-12(19)8-20-11-5-3-4-10(6-11)13(14,15)16;/h3-6,9,17H,7-8H2,1-2H3,(H,18,19);1H. The SMILES string of the molecule is CNC(C)CNC(=O)COc1cccc(C(F)(F)F)c1.Cl. The fourth-order valence-corrected chi connectivity index (χ4v) is 1.33. The second-order valence-electron chi connectivity index (χ2n) is 4.31. The minimum Gasteiger partial charge on any atom is -0.484 e. The topological polar surface area (TPSA) is 50.4 Å². The van der Waals surface area contributed by atoms with Crippen LogP contribution in [-0.4, -0.2) is 32.1 Å². The lowest BCUT2D eigenvalue weighted by Gasteiger charge is -2.12. The molecule has 4 nitrogen and oxygen atoms in total. The number of benzene rings is 1. The van der Waals surface area contributed by atoms with Crippen LogP contribution in [-0.2, 0) is 11.0 Å². The van der Waals surface area contributed by atoms with Crippen molar-refractivity contribution in [1.82, 2.24) is 10.6 Å². The van der Waals surface area contributed by atoms with Crippen LogP contribution in [0.5, 0.6) is 5.75 Å². The molecule has 2 N–H and O–H groups in total. The van der Waals surface area contributed by atoms with Crippen LogP contribution in [0.1, 0.15) is 12.5 Å². The van der Waals surface area contributed by atoms with Crippen molar-refractivity contribution in [3.63, 3.8) is 0 Å². The molecule has 0 spiro atoms. The largest absolute Gasteiger partial charge is 0.484 e. The van der Waals surface area contributed by atoms with Gasteiger partial charge in [-0.15, -0.1) is 12.4 Å². The number of hydrogen-bond acceptors (Lipinski definition) is 3. The summed E-state index contributed by atoms with van der Waals surface area (Å²) in [5.41, 5.74) is -0.806. The average molecular weight is 327 g/mol. The van der Waals surface area contributed by atoms with Crippen LogP contribution in [0.2, 0.25) is 0 Å². The number of halogens is 4. The lowest BCUT2D eigenvalue weighted by molar-refractivity contribution is -0.137. The third-order valence-corrected chi connectivity index (χ3v) is 2.63. The summed E-state index contributed by atoms with van der Waals surface area (Å²) in [6, 6.07) is 4.52. The van der Waals surface area contributed by atoms with Crippen molar-refractivity contribution < 1.29 is 22.7 Å². The molecule has 0 aromatic heterocycles. The van der Waals surface area contributed by atoms with Crippen molar-refractivity contribution in [2.75, 3.05) is 20.2 Å². The van der Waals surface area contributed by atoms with E-state index in [1.807, 2.05) is 6.92 Å². The molecule has 0 aliphatic rings. The Morgan fingerprint density at radius 3 is 2.62 bits per heavy atom. The van der Waals surface area contributed by atoms with Crippen molar-refractivity contribution in [1.29, 1.82) is 0 Å². The lowest BCUT2D eigenvalue weighted by atomic mass is 10.2. The number of ether oxygens (including phenoxy) is 1. The Labute approximate surface area is 127 Å². The van der Waals surface area contributed by atoms with Crippen molar-refractivity contribution >= 4 is 18.3 Å². The molecule has 0 bridgehead atoms. The number of nitrogens with one attached hydrogen (secondary N) is 2. The average Bonchev–Trinajstić information content (AvgIpc) is 2.41. The second-order valence-corrected chi connectivity index (χ2v) is 4.31. The first-order valence-corrected chi connectivity index (χ1v) is 6.07. The van der Waals surface area contributed by atoms with Gasteiger partial charge in [-0.2, -0.15) is 13.2 Å². The van der Waals surface area contributed by atoms with E-state index < -0.39 is 11.7 Å². The molecule has 0 fully saturated rings. The Balaban J connectivity index is 0.00000400. The Kier molecular flexibility index (Phi) is 8.12. The number of rotatable bonds is 6. The zero-order valence-corrected chi connectivity index (χ0v) is 12.5. The van der Waals surface area contributed by atoms with Gasteiger partial charge in [0.25, 0.3) is 5.91 Å². The molecular weight excluding hydrogens is 309 g/mol. The maximum Gasteiger partial charge on any atom is 0.416 e. The van der Waals surface area contributed by atoms with Gasteiger partial charge in [0.05, 0.1) is 5.56 Å². The number of hydrogen-bond donors (Lipinski definition) is 2. The molecule has 1 aromatic rings. The van der Waals surface area contributed by atoms with Gasteiger partial charge in [-0.3, -0.25) is 4.79 Å². The van der Waals surface area contributed by atoms with Crippen LogP contribution in [0.3, 0.4) is 0 Å². The highest BCUT2D eigenvalue weighted by Crippen LogP contribution is 2.31. The van der Waals surface area contributed by atoms with E-state index in [4.69, 9.17) is 4.74 Å². The van der Waals surface area contributed by atoms with Crippen LogP contribution in [0, 0.1) is 0 Å². The summed E-state index contributed by atoms with van der Waals surface area (Å²) in [6.45, 7) is 1.98. The fraction of sp³-hybridized carbons (Fsp3) is 0.462. The third kappa shape index (κ3) is 7.19. The van der Waals surface area contributed by atoms with Crippen LogP contribution in [0.15, 0.2) is 24.3 Å². The fourth-order valence-electron chi connectivity index (χ4n) is 1.33. The molecule has 1 atom stereocenters. The number of amides is 1. The molecule has 0 saturated carbocycles. The normalized spacial score (nSPS) is 12.2. The summed E-state index contributed by atoms with van der Waals surface area (Å²) in [6.07, 6.45) is -4.43. The summed E-state index contributed by atoms with van der Waals surface area (Å²) in [5, 5.41) is 5.54. The maximum absolute atomic E-state index is 12.5. The van der Waals surface area contributed by atoms with Gasteiger partial charge in [-0.25, -0.2) is 0 Å². The third-order valence-electron chi connectivity index (χ3n) is 2.63. The van der Waals surface area contributed by atoms with E-state index in [2.05, 4.69) is 10.6 Å². The van der Waals surface area contributed by atoms with Gasteiger partial charge in [0.15, 0.2) is 6.61 Å². The van der Waals surface area contributed by atoms with E-state index >= 15 is 0 Å². The highest BCUT2D eigenvalue weighted by molar-refractivity contribution is 5.85. The molecule has 21 heavy (non-hydrogen) atoms. The van der Waals surface area contributed by atoms with Crippen molar-refractivity contribution in [3.05, 3.63) is 29.8 Å². The summed E-state index contributed by atoms with van der Waals surface area (Å²) in [5.74, 6) is -0.374. The molecule has 120 valence electrons. The predicted octanol–water partition coefficient (Wildman–Crippen LogP) is 2.23. The zero-order chi connectivity index (χ0) is 15.2. The molecule has 0 radical (unpaired) electrons. The van der Waals surface area contributed by atoms with Crippen molar-refractivity contribution in [2.45, 2.75) is 19.1 Å². The van der Waals surface area contributed by atoms with E-state index in [1.165, 1.54) is 12.1 Å². The van der Waals surface area contributed by atoms with E-state index in [0.717, 1.165) is 12.1 Å². The smallest absolute Gasteiger partial charge is 0.416 e.